The van der Waals surface area contributed by atoms with Crippen molar-refractivity contribution >= 4 is 0 Å². The normalized spacial score (nSPS) is 26.1. The lowest BCUT2D eigenvalue weighted by Gasteiger charge is -2.45. The fourth-order valence-corrected chi connectivity index (χ4v) is 1.93. The van der Waals surface area contributed by atoms with Gasteiger partial charge in [0.2, 0.25) is 0 Å². The van der Waals surface area contributed by atoms with Crippen molar-refractivity contribution in [2.45, 2.75) is 38.5 Å². The Morgan fingerprint density at radius 3 is 2.65 bits per heavy atom. The summed E-state index contributed by atoms with van der Waals surface area (Å²) in [6, 6.07) is 0.366. The van der Waals surface area contributed by atoms with E-state index in [1.165, 1.54) is 0 Å². The summed E-state index contributed by atoms with van der Waals surface area (Å²) in [7, 11) is 0. The smallest absolute Gasteiger partial charge is 0.371 e. The molecule has 1 atom stereocenters. The minimum Gasteiger partial charge on any atom is -0.371 e. The summed E-state index contributed by atoms with van der Waals surface area (Å²) in [5.74, 6) is 0. The predicted octanol–water partition coefficient (Wildman–Crippen LogP) is 1.64. The second kappa shape index (κ2) is 5.54. The van der Waals surface area contributed by atoms with Crippen molar-refractivity contribution in [3.63, 3.8) is 0 Å². The molecule has 0 amide bonds. The number of alkyl halides is 3. The van der Waals surface area contributed by atoms with Crippen LogP contribution in [0.2, 0.25) is 0 Å². The van der Waals surface area contributed by atoms with Crippen LogP contribution in [0.1, 0.15) is 20.8 Å². The molecule has 1 unspecified atom stereocenters. The monoisotopic (exact) mass is 254 g/mol. The molecule has 1 rings (SSSR count). The molecular formula is C11H21F3N2O. The van der Waals surface area contributed by atoms with Gasteiger partial charge < -0.3 is 10.1 Å². The van der Waals surface area contributed by atoms with Crippen LogP contribution in [0.25, 0.3) is 0 Å². The van der Waals surface area contributed by atoms with E-state index in [1.807, 2.05) is 0 Å². The fourth-order valence-electron chi connectivity index (χ4n) is 1.93. The van der Waals surface area contributed by atoms with Crippen molar-refractivity contribution in [2.24, 2.45) is 0 Å². The molecule has 1 N–H and O–H groups in total. The van der Waals surface area contributed by atoms with Crippen LogP contribution in [0.4, 0.5) is 13.2 Å². The third kappa shape index (κ3) is 5.23. The average molecular weight is 254 g/mol. The molecule has 0 aliphatic carbocycles. The number of ether oxygens (including phenoxy) is 1. The Bertz CT molecular complexity index is 243. The number of nitrogens with zero attached hydrogens (tertiary/aromatic N) is 1. The van der Waals surface area contributed by atoms with E-state index in [1.54, 1.807) is 0 Å². The number of nitrogens with one attached hydrogen (secondary N) is 1. The third-order valence-electron chi connectivity index (χ3n) is 3.00. The van der Waals surface area contributed by atoms with E-state index in [9.17, 15) is 13.2 Å². The minimum atomic E-state index is -4.23. The molecule has 17 heavy (non-hydrogen) atoms. The van der Waals surface area contributed by atoms with Gasteiger partial charge in [-0.15, -0.1) is 0 Å². The van der Waals surface area contributed by atoms with Gasteiger partial charge in [-0.2, -0.15) is 13.2 Å². The Kier molecular flexibility index (Phi) is 4.80. The molecule has 0 radical (unpaired) electrons. The number of hydrogen-bond acceptors (Lipinski definition) is 3. The van der Waals surface area contributed by atoms with Crippen LogP contribution in [0.15, 0.2) is 0 Å². The Morgan fingerprint density at radius 1 is 1.41 bits per heavy atom. The molecule has 0 aromatic carbocycles. The van der Waals surface area contributed by atoms with Crippen LogP contribution in [-0.4, -0.2) is 55.5 Å². The number of rotatable bonds is 4. The minimum absolute atomic E-state index is 0.0336. The van der Waals surface area contributed by atoms with Gasteiger partial charge in [-0.25, -0.2) is 0 Å². The molecule has 6 heteroatoms. The molecule has 0 aromatic heterocycles. The van der Waals surface area contributed by atoms with Crippen LogP contribution in [0, 0.1) is 0 Å². The van der Waals surface area contributed by atoms with Crippen molar-refractivity contribution in [3.05, 3.63) is 0 Å². The van der Waals surface area contributed by atoms with Gasteiger partial charge in [0.05, 0.1) is 6.61 Å². The average Bonchev–Trinajstić information content (AvgIpc) is 2.16. The Morgan fingerprint density at radius 2 is 2.06 bits per heavy atom. The molecule has 0 bridgehead atoms. The first-order valence-corrected chi connectivity index (χ1v) is 5.84. The van der Waals surface area contributed by atoms with Crippen molar-refractivity contribution < 1.29 is 17.9 Å². The molecule has 1 fully saturated rings. The summed E-state index contributed by atoms with van der Waals surface area (Å²) < 4.78 is 40.3. The van der Waals surface area contributed by atoms with Crippen molar-refractivity contribution in [1.82, 2.24) is 10.2 Å². The van der Waals surface area contributed by atoms with Gasteiger partial charge in [0, 0.05) is 31.2 Å². The lowest BCUT2D eigenvalue weighted by atomic mass is 9.98. The van der Waals surface area contributed by atoms with E-state index >= 15 is 0 Å². The quantitative estimate of drug-likeness (QED) is 0.772. The fraction of sp³-hybridized carbons (Fsp3) is 1.00. The third-order valence-corrected chi connectivity index (χ3v) is 3.00. The highest BCUT2D eigenvalue weighted by molar-refractivity contribution is 4.91. The largest absolute Gasteiger partial charge is 0.411 e. The van der Waals surface area contributed by atoms with E-state index in [2.05, 4.69) is 35.7 Å². The molecular weight excluding hydrogens is 233 g/mol. The van der Waals surface area contributed by atoms with Crippen molar-refractivity contribution in [2.75, 3.05) is 32.8 Å². The Labute approximate surface area is 100 Å². The van der Waals surface area contributed by atoms with Crippen molar-refractivity contribution in [1.29, 1.82) is 0 Å². The molecule has 0 aromatic rings. The Balaban J connectivity index is 2.29. The lowest BCUT2D eigenvalue weighted by Crippen LogP contribution is -2.61. The second-order valence-corrected chi connectivity index (χ2v) is 5.21. The summed E-state index contributed by atoms with van der Waals surface area (Å²) in [6.07, 6.45) is -4.23. The topological polar surface area (TPSA) is 24.5 Å². The van der Waals surface area contributed by atoms with Gasteiger partial charge in [-0.1, -0.05) is 0 Å². The summed E-state index contributed by atoms with van der Waals surface area (Å²) in [5.41, 5.74) is -0.0336. The lowest BCUT2D eigenvalue weighted by molar-refractivity contribution is -0.175. The standard InChI is InChI=1S/C11H21F3N2O/c1-9-6-16(10(2,3)7-15-9)4-5-17-8-11(12,13)14/h9,15H,4-8H2,1-3H3. The number of hydrogen-bond donors (Lipinski definition) is 1. The first-order chi connectivity index (χ1) is 7.71. The van der Waals surface area contributed by atoms with Crippen LogP contribution in [-0.2, 0) is 4.74 Å². The molecule has 0 spiro atoms. The maximum atomic E-state index is 11.9. The highest BCUT2D eigenvalue weighted by atomic mass is 19.4. The molecule has 1 aliphatic rings. The molecule has 1 heterocycles. The summed E-state index contributed by atoms with van der Waals surface area (Å²) in [6.45, 7) is 7.40. The van der Waals surface area contributed by atoms with Gasteiger partial charge in [0.25, 0.3) is 0 Å². The van der Waals surface area contributed by atoms with Crippen LogP contribution < -0.4 is 5.32 Å². The Hall–Kier alpha value is -0.330. The number of piperazine rings is 1. The molecule has 102 valence electrons. The first-order valence-electron chi connectivity index (χ1n) is 5.84. The van der Waals surface area contributed by atoms with Gasteiger partial charge in [-0.3, -0.25) is 4.90 Å². The van der Waals surface area contributed by atoms with Crippen LogP contribution in [0.5, 0.6) is 0 Å². The van der Waals surface area contributed by atoms with Gasteiger partial charge in [-0.05, 0) is 20.8 Å². The first kappa shape index (κ1) is 14.7. The second-order valence-electron chi connectivity index (χ2n) is 5.21. The van der Waals surface area contributed by atoms with Crippen LogP contribution in [0.3, 0.4) is 0 Å². The zero-order chi connectivity index (χ0) is 13.1. The van der Waals surface area contributed by atoms with E-state index in [4.69, 9.17) is 0 Å². The number of halogens is 3. The van der Waals surface area contributed by atoms with Crippen molar-refractivity contribution in [3.8, 4) is 0 Å². The molecule has 1 aliphatic heterocycles. The molecule has 0 saturated carbocycles. The highest BCUT2D eigenvalue weighted by Gasteiger charge is 2.32. The highest BCUT2D eigenvalue weighted by Crippen LogP contribution is 2.18. The van der Waals surface area contributed by atoms with Gasteiger partial charge >= 0.3 is 6.18 Å². The van der Waals surface area contributed by atoms with E-state index < -0.39 is 12.8 Å². The van der Waals surface area contributed by atoms with Crippen LogP contribution >= 0.6 is 0 Å². The van der Waals surface area contributed by atoms with Gasteiger partial charge in [0.1, 0.15) is 6.61 Å². The summed E-state index contributed by atoms with van der Waals surface area (Å²) >= 11 is 0. The summed E-state index contributed by atoms with van der Waals surface area (Å²) in [4.78, 5) is 2.17. The summed E-state index contributed by atoms with van der Waals surface area (Å²) in [5, 5.41) is 3.35. The molecule has 1 saturated heterocycles. The zero-order valence-corrected chi connectivity index (χ0v) is 10.6. The zero-order valence-electron chi connectivity index (χ0n) is 10.6. The maximum absolute atomic E-state index is 11.9. The maximum Gasteiger partial charge on any atom is 0.411 e. The van der Waals surface area contributed by atoms with E-state index in [0.29, 0.717) is 12.6 Å². The van der Waals surface area contributed by atoms with Gasteiger partial charge in [0.15, 0.2) is 0 Å². The SMILES string of the molecule is CC1CN(CCOCC(F)(F)F)C(C)(C)CN1. The van der Waals surface area contributed by atoms with E-state index in [0.717, 1.165) is 13.1 Å². The van der Waals surface area contributed by atoms with E-state index in [-0.39, 0.29) is 12.1 Å². The predicted molar refractivity (Wildman–Crippen MR) is 60.0 cm³/mol. The molecule has 3 nitrogen and oxygen atoms in total.